The molecular formula is C16H20N2O3. The van der Waals surface area contributed by atoms with Gasteiger partial charge < -0.3 is 14.5 Å². The van der Waals surface area contributed by atoms with Gasteiger partial charge in [-0.3, -0.25) is 9.59 Å². The zero-order valence-electron chi connectivity index (χ0n) is 12.5. The number of fused-ring (bicyclic) bond motifs is 1. The van der Waals surface area contributed by atoms with Gasteiger partial charge in [-0.1, -0.05) is 12.1 Å². The first-order valence-corrected chi connectivity index (χ1v) is 7.36. The molecule has 1 atom stereocenters. The molecule has 1 saturated heterocycles. The van der Waals surface area contributed by atoms with E-state index in [0.29, 0.717) is 24.5 Å². The Bertz CT molecular complexity index is 583. The van der Waals surface area contributed by atoms with Crippen molar-refractivity contribution in [1.29, 1.82) is 0 Å². The van der Waals surface area contributed by atoms with Crippen molar-refractivity contribution in [2.24, 2.45) is 0 Å². The van der Waals surface area contributed by atoms with Gasteiger partial charge in [0.1, 0.15) is 11.8 Å². The van der Waals surface area contributed by atoms with Gasteiger partial charge in [-0.05, 0) is 24.5 Å². The molecular weight excluding hydrogens is 268 g/mol. The largest absolute Gasteiger partial charge is 0.492 e. The normalized spacial score (nSPS) is 20.1. The second kappa shape index (κ2) is 5.39. The highest BCUT2D eigenvalue weighted by Gasteiger charge is 2.36. The molecule has 0 bridgehead atoms. The highest BCUT2D eigenvalue weighted by atomic mass is 16.5. The number of likely N-dealkylation sites (tertiary alicyclic amines) is 1. The van der Waals surface area contributed by atoms with E-state index in [4.69, 9.17) is 4.74 Å². The molecule has 2 amide bonds. The summed E-state index contributed by atoms with van der Waals surface area (Å²) in [6.45, 7) is 1.26. The number of ether oxygens (including phenoxy) is 1. The number of hydrogen-bond donors (Lipinski definition) is 0. The van der Waals surface area contributed by atoms with Crippen LogP contribution < -0.4 is 4.74 Å². The number of hydrogen-bond acceptors (Lipinski definition) is 3. The van der Waals surface area contributed by atoms with Crippen molar-refractivity contribution in [3.8, 4) is 5.75 Å². The van der Waals surface area contributed by atoms with Gasteiger partial charge in [0.2, 0.25) is 5.91 Å². The fourth-order valence-electron chi connectivity index (χ4n) is 3.10. The Morgan fingerprint density at radius 1 is 1.33 bits per heavy atom. The predicted octanol–water partition coefficient (Wildman–Crippen LogP) is 1.31. The molecule has 0 spiro atoms. The molecule has 0 unspecified atom stereocenters. The molecule has 1 aromatic carbocycles. The van der Waals surface area contributed by atoms with E-state index in [1.54, 1.807) is 30.0 Å². The Kier molecular flexibility index (Phi) is 3.57. The van der Waals surface area contributed by atoms with E-state index in [-0.39, 0.29) is 17.9 Å². The molecule has 2 heterocycles. The average molecular weight is 288 g/mol. The van der Waals surface area contributed by atoms with E-state index >= 15 is 0 Å². The van der Waals surface area contributed by atoms with Gasteiger partial charge in [0.25, 0.3) is 5.91 Å². The van der Waals surface area contributed by atoms with Crippen LogP contribution in [0.3, 0.4) is 0 Å². The first kappa shape index (κ1) is 13.9. The smallest absolute Gasteiger partial charge is 0.258 e. The van der Waals surface area contributed by atoms with Crippen LogP contribution in [0.1, 0.15) is 28.8 Å². The molecule has 5 heteroatoms. The maximum absolute atomic E-state index is 12.8. The number of carbonyl (C=O) groups is 2. The standard InChI is InChI=1S/C16H20N2O3/c1-17(2)16(20)13-7-4-9-18(13)15(19)12-6-3-5-11-8-10-21-14(11)12/h3,5-6,13H,4,7-10H2,1-2H3/t13-/m1/s1. The van der Waals surface area contributed by atoms with E-state index in [2.05, 4.69) is 0 Å². The summed E-state index contributed by atoms with van der Waals surface area (Å²) < 4.78 is 5.61. The van der Waals surface area contributed by atoms with Crippen molar-refractivity contribution in [3.05, 3.63) is 29.3 Å². The minimum atomic E-state index is -0.343. The van der Waals surface area contributed by atoms with Gasteiger partial charge in [0.15, 0.2) is 0 Å². The van der Waals surface area contributed by atoms with Crippen LogP contribution in [0.15, 0.2) is 18.2 Å². The van der Waals surface area contributed by atoms with E-state index in [0.717, 1.165) is 24.8 Å². The highest BCUT2D eigenvalue weighted by Crippen LogP contribution is 2.32. The Labute approximate surface area is 124 Å². The molecule has 0 saturated carbocycles. The SMILES string of the molecule is CN(C)C(=O)[C@H]1CCCN1C(=O)c1cccc2c1OCC2. The number of rotatable bonds is 2. The molecule has 112 valence electrons. The fraction of sp³-hybridized carbons (Fsp3) is 0.500. The first-order valence-electron chi connectivity index (χ1n) is 7.36. The lowest BCUT2D eigenvalue weighted by Gasteiger charge is -2.26. The van der Waals surface area contributed by atoms with Crippen molar-refractivity contribution in [1.82, 2.24) is 9.80 Å². The first-order chi connectivity index (χ1) is 10.1. The summed E-state index contributed by atoms with van der Waals surface area (Å²) in [5, 5.41) is 0. The number of amides is 2. The van der Waals surface area contributed by atoms with Crippen LogP contribution in [0.2, 0.25) is 0 Å². The maximum Gasteiger partial charge on any atom is 0.258 e. The minimum absolute atomic E-state index is 0.00524. The molecule has 0 radical (unpaired) electrons. The van der Waals surface area contributed by atoms with Crippen molar-refractivity contribution in [3.63, 3.8) is 0 Å². The van der Waals surface area contributed by atoms with Crippen LogP contribution in [0, 0.1) is 0 Å². The minimum Gasteiger partial charge on any atom is -0.492 e. The number of nitrogens with zero attached hydrogens (tertiary/aromatic N) is 2. The van der Waals surface area contributed by atoms with Gasteiger partial charge in [-0.2, -0.15) is 0 Å². The maximum atomic E-state index is 12.8. The third-order valence-corrected chi connectivity index (χ3v) is 4.18. The summed E-state index contributed by atoms with van der Waals surface area (Å²) in [5.41, 5.74) is 1.67. The Morgan fingerprint density at radius 2 is 2.14 bits per heavy atom. The summed E-state index contributed by atoms with van der Waals surface area (Å²) in [5.74, 6) is 0.603. The van der Waals surface area contributed by atoms with Crippen LogP contribution in [0.4, 0.5) is 0 Å². The molecule has 1 aromatic rings. The van der Waals surface area contributed by atoms with Crippen molar-refractivity contribution in [2.45, 2.75) is 25.3 Å². The predicted molar refractivity (Wildman–Crippen MR) is 78.4 cm³/mol. The lowest BCUT2D eigenvalue weighted by Crippen LogP contribution is -2.45. The molecule has 0 N–H and O–H groups in total. The van der Waals surface area contributed by atoms with Gasteiger partial charge >= 0.3 is 0 Å². The van der Waals surface area contributed by atoms with E-state index in [1.807, 2.05) is 12.1 Å². The quantitative estimate of drug-likeness (QED) is 0.824. The topological polar surface area (TPSA) is 49.9 Å². The van der Waals surface area contributed by atoms with Gasteiger partial charge in [-0.15, -0.1) is 0 Å². The van der Waals surface area contributed by atoms with Crippen LogP contribution in [-0.2, 0) is 11.2 Å². The molecule has 0 aliphatic carbocycles. The molecule has 1 fully saturated rings. The fourth-order valence-corrected chi connectivity index (χ4v) is 3.10. The second-order valence-electron chi connectivity index (χ2n) is 5.78. The number of para-hydroxylation sites is 1. The molecule has 2 aliphatic heterocycles. The third kappa shape index (κ3) is 2.37. The van der Waals surface area contributed by atoms with Gasteiger partial charge in [-0.25, -0.2) is 0 Å². The third-order valence-electron chi connectivity index (χ3n) is 4.18. The van der Waals surface area contributed by atoms with E-state index < -0.39 is 0 Å². The molecule has 21 heavy (non-hydrogen) atoms. The summed E-state index contributed by atoms with van der Waals surface area (Å²) in [6, 6.07) is 5.33. The van der Waals surface area contributed by atoms with Gasteiger partial charge in [0, 0.05) is 27.1 Å². The highest BCUT2D eigenvalue weighted by molar-refractivity contribution is 6.00. The summed E-state index contributed by atoms with van der Waals surface area (Å²) in [7, 11) is 3.46. The van der Waals surface area contributed by atoms with Crippen LogP contribution in [0.25, 0.3) is 0 Å². The number of likely N-dealkylation sites (N-methyl/N-ethyl adjacent to an activating group) is 1. The monoisotopic (exact) mass is 288 g/mol. The second-order valence-corrected chi connectivity index (χ2v) is 5.78. The molecule has 3 rings (SSSR count). The van der Waals surface area contributed by atoms with Gasteiger partial charge in [0.05, 0.1) is 12.2 Å². The average Bonchev–Trinajstić information content (AvgIpc) is 3.13. The molecule has 2 aliphatic rings. The number of benzene rings is 1. The Balaban J connectivity index is 1.88. The van der Waals surface area contributed by atoms with Crippen molar-refractivity contribution in [2.75, 3.05) is 27.2 Å². The summed E-state index contributed by atoms with van der Waals surface area (Å²) in [6.07, 6.45) is 2.45. The van der Waals surface area contributed by atoms with E-state index in [9.17, 15) is 9.59 Å². The zero-order valence-corrected chi connectivity index (χ0v) is 12.5. The van der Waals surface area contributed by atoms with Crippen molar-refractivity contribution < 1.29 is 14.3 Å². The summed E-state index contributed by atoms with van der Waals surface area (Å²) in [4.78, 5) is 28.3. The van der Waals surface area contributed by atoms with E-state index in [1.165, 1.54) is 0 Å². The van der Waals surface area contributed by atoms with Crippen LogP contribution in [0.5, 0.6) is 5.75 Å². The van der Waals surface area contributed by atoms with Crippen LogP contribution >= 0.6 is 0 Å². The lowest BCUT2D eigenvalue weighted by molar-refractivity contribution is -0.132. The lowest BCUT2D eigenvalue weighted by atomic mass is 10.1. The zero-order chi connectivity index (χ0) is 15.0. The summed E-state index contributed by atoms with van der Waals surface area (Å²) >= 11 is 0. The molecule has 5 nitrogen and oxygen atoms in total. The number of carbonyl (C=O) groups excluding carboxylic acids is 2. The Morgan fingerprint density at radius 3 is 2.90 bits per heavy atom. The van der Waals surface area contributed by atoms with Crippen LogP contribution in [-0.4, -0.2) is 54.9 Å². The van der Waals surface area contributed by atoms with Crippen molar-refractivity contribution >= 4 is 11.8 Å². The Hall–Kier alpha value is -2.04. The molecule has 0 aromatic heterocycles.